The highest BCUT2D eigenvalue weighted by Gasteiger charge is 2.73. The molecule has 0 aromatic rings. The van der Waals surface area contributed by atoms with Crippen molar-refractivity contribution in [2.75, 3.05) is 0 Å². The molecule has 31 heavy (non-hydrogen) atoms. The fourth-order valence-corrected chi connectivity index (χ4v) is 9.20. The van der Waals surface area contributed by atoms with Crippen LogP contribution >= 0.6 is 0 Å². The zero-order chi connectivity index (χ0) is 22.8. The molecule has 0 spiro atoms. The average Bonchev–Trinajstić information content (AvgIpc) is 3.03. The molecule has 0 amide bonds. The van der Waals surface area contributed by atoms with Gasteiger partial charge in [0.1, 0.15) is 5.60 Å². The molecule has 4 aliphatic rings. The van der Waals surface area contributed by atoms with Crippen molar-refractivity contribution in [2.45, 2.75) is 129 Å². The van der Waals surface area contributed by atoms with Crippen LogP contribution in [0, 0.1) is 40.4 Å². The summed E-state index contributed by atoms with van der Waals surface area (Å²) in [5.74, 6) is 2.42. The van der Waals surface area contributed by atoms with Gasteiger partial charge < -0.3 is 20.4 Å². The van der Waals surface area contributed by atoms with Gasteiger partial charge in [-0.2, -0.15) is 0 Å². The number of fused-ring (bicyclic) bond motifs is 5. The van der Waals surface area contributed by atoms with Crippen molar-refractivity contribution >= 4 is 0 Å². The number of hydrogen-bond acceptors (Lipinski definition) is 4. The van der Waals surface area contributed by atoms with E-state index in [-0.39, 0.29) is 11.3 Å². The Labute approximate surface area is 189 Å². The van der Waals surface area contributed by atoms with Gasteiger partial charge in [-0.25, -0.2) is 0 Å². The number of aliphatic hydroxyl groups is 4. The van der Waals surface area contributed by atoms with Crippen molar-refractivity contribution < 1.29 is 20.4 Å². The van der Waals surface area contributed by atoms with E-state index in [2.05, 4.69) is 27.7 Å². The third-order valence-electron chi connectivity index (χ3n) is 11.1. The monoisotopic (exact) mass is 436 g/mol. The second-order valence-corrected chi connectivity index (χ2v) is 13.1. The maximum Gasteiger partial charge on any atom is 0.102 e. The molecule has 4 rings (SSSR count). The molecule has 0 aromatic carbocycles. The minimum Gasteiger partial charge on any atom is -0.393 e. The predicted molar refractivity (Wildman–Crippen MR) is 123 cm³/mol. The first-order valence-electron chi connectivity index (χ1n) is 13.2. The second-order valence-electron chi connectivity index (χ2n) is 13.1. The Balaban J connectivity index is 1.58. The summed E-state index contributed by atoms with van der Waals surface area (Å²) in [4.78, 5) is 0. The summed E-state index contributed by atoms with van der Waals surface area (Å²) in [7, 11) is 0. The van der Waals surface area contributed by atoms with E-state index in [0.29, 0.717) is 49.9 Å². The fourth-order valence-electron chi connectivity index (χ4n) is 9.20. The lowest BCUT2D eigenvalue weighted by Crippen LogP contribution is -2.77. The van der Waals surface area contributed by atoms with Crippen LogP contribution in [0.2, 0.25) is 0 Å². The molecule has 4 nitrogen and oxygen atoms in total. The van der Waals surface area contributed by atoms with Crippen LogP contribution in [0.15, 0.2) is 0 Å². The molecular weight excluding hydrogens is 388 g/mol. The first kappa shape index (κ1) is 24.0. The summed E-state index contributed by atoms with van der Waals surface area (Å²) in [6.45, 7) is 11.4. The smallest absolute Gasteiger partial charge is 0.102 e. The summed E-state index contributed by atoms with van der Waals surface area (Å²) in [6, 6.07) is 0. The molecule has 0 aromatic heterocycles. The molecule has 4 heteroatoms. The van der Waals surface area contributed by atoms with Gasteiger partial charge in [0.05, 0.1) is 17.8 Å². The van der Waals surface area contributed by atoms with Crippen molar-refractivity contribution in [3.8, 4) is 0 Å². The summed E-state index contributed by atoms with van der Waals surface area (Å²) in [5.41, 5.74) is -3.12. The van der Waals surface area contributed by atoms with Gasteiger partial charge in [0, 0.05) is 5.41 Å². The molecular formula is C27H48O4. The Hall–Kier alpha value is -0.160. The Morgan fingerprint density at radius 1 is 0.871 bits per heavy atom. The first-order chi connectivity index (χ1) is 14.4. The van der Waals surface area contributed by atoms with Crippen molar-refractivity contribution in [1.82, 2.24) is 0 Å². The maximum absolute atomic E-state index is 12.2. The molecule has 0 unspecified atom stereocenters. The average molecular weight is 437 g/mol. The molecule has 4 aliphatic carbocycles. The van der Waals surface area contributed by atoms with Crippen molar-refractivity contribution in [3.05, 3.63) is 0 Å². The molecule has 0 saturated heterocycles. The number of hydrogen-bond donors (Lipinski definition) is 4. The van der Waals surface area contributed by atoms with Gasteiger partial charge >= 0.3 is 0 Å². The molecule has 0 heterocycles. The van der Waals surface area contributed by atoms with Crippen molar-refractivity contribution in [1.29, 1.82) is 0 Å². The van der Waals surface area contributed by atoms with E-state index in [1.54, 1.807) is 0 Å². The maximum atomic E-state index is 12.2. The van der Waals surface area contributed by atoms with Crippen LogP contribution in [0.25, 0.3) is 0 Å². The lowest BCUT2D eigenvalue weighted by Gasteiger charge is -2.68. The van der Waals surface area contributed by atoms with E-state index < -0.39 is 28.8 Å². The standard InChI is InChI=1S/C27H48O4/c1-17(2)7-6-8-18(3)20-9-10-21-22-15-23(29)25(5)16-19(28)11-12-27(25,31)26(22,30)14-13-24(20,21)4/h17-23,28-31H,6-16H2,1-5H3/t18-,19+,20-,21+,22+,23+,24-,25+,26+,27-/m1/s1. The third kappa shape index (κ3) is 3.37. The third-order valence-corrected chi connectivity index (χ3v) is 11.1. The van der Waals surface area contributed by atoms with Crippen LogP contribution in [-0.2, 0) is 0 Å². The molecule has 4 N–H and O–H groups in total. The fraction of sp³-hybridized carbons (Fsp3) is 1.00. The number of rotatable bonds is 5. The molecule has 4 fully saturated rings. The molecule has 0 aliphatic heterocycles. The van der Waals surface area contributed by atoms with Gasteiger partial charge in [-0.15, -0.1) is 0 Å². The highest BCUT2D eigenvalue weighted by atomic mass is 16.4. The lowest BCUT2D eigenvalue weighted by molar-refractivity contribution is -0.330. The van der Waals surface area contributed by atoms with E-state index >= 15 is 0 Å². The van der Waals surface area contributed by atoms with Crippen molar-refractivity contribution in [2.24, 2.45) is 40.4 Å². The normalized spacial score (nSPS) is 53.0. The minimum atomic E-state index is -1.32. The highest BCUT2D eigenvalue weighted by molar-refractivity contribution is 5.24. The SMILES string of the molecule is CC(C)CCC[C@@H](C)[C@H]1CC[C@H]2[C@@H]3C[C@H](O)[C@]4(C)C[C@@H](O)CC[C@]4(O)[C@]3(O)CC[C@]12C. The quantitative estimate of drug-likeness (QED) is 0.505. The molecule has 180 valence electrons. The molecule has 10 atom stereocenters. The van der Waals surface area contributed by atoms with Crippen LogP contribution in [0.4, 0.5) is 0 Å². The Morgan fingerprint density at radius 2 is 1.58 bits per heavy atom. The van der Waals surface area contributed by atoms with Gasteiger partial charge in [-0.05, 0) is 86.4 Å². The van der Waals surface area contributed by atoms with E-state index in [1.165, 1.54) is 25.7 Å². The van der Waals surface area contributed by atoms with Gasteiger partial charge in [0.15, 0.2) is 0 Å². The number of aliphatic hydroxyl groups excluding tert-OH is 2. The van der Waals surface area contributed by atoms with Gasteiger partial charge in [-0.1, -0.05) is 53.9 Å². The van der Waals surface area contributed by atoms with Crippen LogP contribution in [-0.4, -0.2) is 43.8 Å². The summed E-state index contributed by atoms with van der Waals surface area (Å²) in [5, 5.41) is 45.8. The lowest BCUT2D eigenvalue weighted by atomic mass is 9.41. The summed E-state index contributed by atoms with van der Waals surface area (Å²) < 4.78 is 0. The van der Waals surface area contributed by atoms with Crippen LogP contribution in [0.1, 0.15) is 105 Å². The van der Waals surface area contributed by atoms with Gasteiger partial charge in [-0.3, -0.25) is 0 Å². The second kappa shape index (κ2) is 7.96. The Morgan fingerprint density at radius 3 is 2.26 bits per heavy atom. The highest BCUT2D eigenvalue weighted by Crippen LogP contribution is 2.69. The summed E-state index contributed by atoms with van der Waals surface area (Å²) in [6.07, 6.45) is 8.39. The molecule has 0 radical (unpaired) electrons. The molecule has 4 saturated carbocycles. The first-order valence-corrected chi connectivity index (χ1v) is 13.2. The van der Waals surface area contributed by atoms with E-state index in [1.807, 2.05) is 6.92 Å². The predicted octanol–water partition coefficient (Wildman–Crippen LogP) is 4.67. The largest absolute Gasteiger partial charge is 0.393 e. The Bertz CT molecular complexity index is 666. The minimum absolute atomic E-state index is 0.0533. The zero-order valence-electron chi connectivity index (χ0n) is 20.6. The van der Waals surface area contributed by atoms with Crippen molar-refractivity contribution in [3.63, 3.8) is 0 Å². The topological polar surface area (TPSA) is 80.9 Å². The van der Waals surface area contributed by atoms with Crippen LogP contribution in [0.5, 0.6) is 0 Å². The van der Waals surface area contributed by atoms with Gasteiger partial charge in [0.2, 0.25) is 0 Å². The van der Waals surface area contributed by atoms with Gasteiger partial charge in [0.25, 0.3) is 0 Å². The van der Waals surface area contributed by atoms with E-state index in [0.717, 1.165) is 18.8 Å². The zero-order valence-corrected chi connectivity index (χ0v) is 20.6. The van der Waals surface area contributed by atoms with Crippen LogP contribution < -0.4 is 0 Å². The summed E-state index contributed by atoms with van der Waals surface area (Å²) >= 11 is 0. The molecule has 0 bridgehead atoms. The Kier molecular flexibility index (Phi) is 6.16. The van der Waals surface area contributed by atoms with E-state index in [4.69, 9.17) is 0 Å². The van der Waals surface area contributed by atoms with E-state index in [9.17, 15) is 20.4 Å². The van der Waals surface area contributed by atoms with Crippen LogP contribution in [0.3, 0.4) is 0 Å².